The summed E-state index contributed by atoms with van der Waals surface area (Å²) < 4.78 is 58.0. The van der Waals surface area contributed by atoms with Crippen molar-refractivity contribution in [1.29, 1.82) is 0 Å². The van der Waals surface area contributed by atoms with Crippen molar-refractivity contribution in [3.63, 3.8) is 0 Å². The Hall–Kier alpha value is -1.76. The molecule has 0 radical (unpaired) electrons. The fourth-order valence-corrected chi connectivity index (χ4v) is 10.7. The van der Waals surface area contributed by atoms with E-state index in [4.69, 9.17) is 42.6 Å². The van der Waals surface area contributed by atoms with Gasteiger partial charge in [0, 0.05) is 52.0 Å². The van der Waals surface area contributed by atoms with Crippen LogP contribution in [0.3, 0.4) is 0 Å². The van der Waals surface area contributed by atoms with Gasteiger partial charge in [-0.2, -0.15) is 0 Å². The molecular weight excluding hydrogens is 776 g/mol. The number of epoxide rings is 1. The highest BCUT2D eigenvalue weighted by Gasteiger charge is 2.66. The zero-order valence-corrected chi connectivity index (χ0v) is 39.2. The summed E-state index contributed by atoms with van der Waals surface area (Å²) in [5.41, 5.74) is -4.28. The van der Waals surface area contributed by atoms with E-state index in [0.29, 0.717) is 38.8 Å². The zero-order chi connectivity index (χ0) is 45.1. The molecule has 0 aromatic heterocycles. The Morgan fingerprint density at radius 3 is 2.20 bits per heavy atom. The van der Waals surface area contributed by atoms with Crippen LogP contribution in [0.15, 0.2) is 12.7 Å². The van der Waals surface area contributed by atoms with Gasteiger partial charge in [-0.25, -0.2) is 0 Å². The van der Waals surface area contributed by atoms with Crippen LogP contribution in [0.5, 0.6) is 0 Å². The van der Waals surface area contributed by atoms with E-state index in [0.717, 1.165) is 0 Å². The van der Waals surface area contributed by atoms with Crippen LogP contribution in [0.25, 0.3) is 0 Å². The van der Waals surface area contributed by atoms with Crippen LogP contribution >= 0.6 is 0 Å². The monoisotopic (exact) mass is 857 g/mol. The molecule has 60 heavy (non-hydrogen) atoms. The fourth-order valence-electron chi connectivity index (χ4n) is 10.7. The number of fused-ring (bicyclic) bond motifs is 1. The van der Waals surface area contributed by atoms with Crippen molar-refractivity contribution >= 4 is 11.9 Å². The molecule has 0 aliphatic carbocycles. The molecule has 4 fully saturated rings. The molecule has 0 aromatic rings. The van der Waals surface area contributed by atoms with Crippen molar-refractivity contribution in [2.75, 3.05) is 41.4 Å². The number of carbonyl (C=O) groups is 2. The van der Waals surface area contributed by atoms with E-state index in [1.54, 1.807) is 41.1 Å². The number of cyclic esters (lactones) is 1. The number of hydrogen-bond acceptors (Lipinski definition) is 15. The van der Waals surface area contributed by atoms with Crippen LogP contribution in [-0.4, -0.2) is 158 Å². The minimum Gasteiger partial charge on any atom is -0.459 e. The molecule has 19 atom stereocenters. The number of carbonyl (C=O) groups excluding carboxylic acids is 2. The van der Waals surface area contributed by atoms with Gasteiger partial charge in [0.15, 0.2) is 18.7 Å². The lowest BCUT2D eigenvalue weighted by molar-refractivity contribution is -0.320. The Balaban J connectivity index is 1.86. The van der Waals surface area contributed by atoms with Crippen molar-refractivity contribution in [2.24, 2.45) is 23.7 Å². The number of ether oxygens (including phenoxy) is 9. The molecule has 0 saturated carbocycles. The molecule has 4 saturated heterocycles. The average molecular weight is 857 g/mol. The van der Waals surface area contributed by atoms with Gasteiger partial charge in [0.2, 0.25) is 0 Å². The third-order valence-corrected chi connectivity index (χ3v) is 14.2. The molecule has 15 heteroatoms. The molecule has 0 aromatic carbocycles. The van der Waals surface area contributed by atoms with Crippen LogP contribution in [0.2, 0.25) is 0 Å². The minimum absolute atomic E-state index is 0.103. The van der Waals surface area contributed by atoms with E-state index < -0.39 is 101 Å². The van der Waals surface area contributed by atoms with Gasteiger partial charge in [0.05, 0.1) is 47.6 Å². The van der Waals surface area contributed by atoms with Gasteiger partial charge in [-0.3, -0.25) is 9.59 Å². The summed E-state index contributed by atoms with van der Waals surface area (Å²) >= 11 is 0. The summed E-state index contributed by atoms with van der Waals surface area (Å²) in [7, 11) is 7.04. The first-order valence-electron chi connectivity index (χ1n) is 22.1. The summed E-state index contributed by atoms with van der Waals surface area (Å²) in [5.74, 6) is -3.14. The Labute approximate surface area is 359 Å². The van der Waals surface area contributed by atoms with Gasteiger partial charge in [-0.1, -0.05) is 26.8 Å². The molecule has 0 spiro atoms. The van der Waals surface area contributed by atoms with E-state index in [2.05, 4.69) is 18.8 Å². The van der Waals surface area contributed by atoms with E-state index in [1.807, 2.05) is 60.5 Å². The molecule has 15 nitrogen and oxygen atoms in total. The second-order valence-electron chi connectivity index (χ2n) is 19.2. The number of methoxy groups -OCH3 is 2. The van der Waals surface area contributed by atoms with Gasteiger partial charge >= 0.3 is 11.9 Å². The molecule has 4 aliphatic heterocycles. The molecule has 0 amide bonds. The Bertz CT molecular complexity index is 1430. The van der Waals surface area contributed by atoms with Crippen molar-refractivity contribution in [1.82, 2.24) is 10.2 Å². The fraction of sp³-hybridized carbons (Fsp3) is 0.911. The Kier molecular flexibility index (Phi) is 17.3. The van der Waals surface area contributed by atoms with E-state index in [-0.39, 0.29) is 30.6 Å². The molecule has 3 N–H and O–H groups in total. The number of rotatable bonds is 14. The predicted octanol–water partition coefficient (Wildman–Crippen LogP) is 4.38. The predicted molar refractivity (Wildman–Crippen MR) is 225 cm³/mol. The smallest absolute Gasteiger partial charge is 0.311 e. The summed E-state index contributed by atoms with van der Waals surface area (Å²) in [6.45, 7) is 25.4. The highest BCUT2D eigenvalue weighted by molar-refractivity contribution is 5.73. The van der Waals surface area contributed by atoms with Crippen molar-refractivity contribution in [3.05, 3.63) is 12.7 Å². The lowest BCUT2D eigenvalue weighted by Gasteiger charge is -2.50. The minimum atomic E-state index is -1.48. The van der Waals surface area contributed by atoms with E-state index in [1.165, 1.54) is 6.92 Å². The number of esters is 2. The number of hydrogen-bond donors (Lipinski definition) is 3. The van der Waals surface area contributed by atoms with Crippen LogP contribution in [-0.2, 0) is 52.2 Å². The van der Waals surface area contributed by atoms with Gasteiger partial charge < -0.3 is 63.1 Å². The number of nitrogens with zero attached hydrogens (tertiary/aromatic N) is 1. The van der Waals surface area contributed by atoms with Crippen LogP contribution in [0.1, 0.15) is 108 Å². The molecule has 0 bridgehead atoms. The normalized spacial score (nSPS) is 46.8. The maximum absolute atomic E-state index is 14.7. The molecule has 4 aliphatic rings. The number of aliphatic hydroxyl groups is 2. The summed E-state index contributed by atoms with van der Waals surface area (Å²) in [5, 5.41) is 27.7. The van der Waals surface area contributed by atoms with Crippen LogP contribution < -0.4 is 5.32 Å². The molecule has 4 rings (SSSR count). The number of aliphatic hydroxyl groups excluding tert-OH is 1. The van der Waals surface area contributed by atoms with Gasteiger partial charge in [0.1, 0.15) is 23.4 Å². The second kappa shape index (κ2) is 20.4. The van der Waals surface area contributed by atoms with Gasteiger partial charge in [-0.15, -0.1) is 6.58 Å². The standard InChI is InChI=1S/C45H80N2O13/c1-17-20-46-21-19-32-44(11,51)33(18-2)57-40(50)28(6)36(58-34-24-43(10,53-16)39(29(7)55-34)56-30(8)48)27(5)38(42(9,52-15)23-25(3)37-45(32,12)60-37)59-41-35(49)31(47(13)14)22-26(4)54-41/h17,25-29,31-39,41,46,49,51H,1,18-24H2,2-16H3/t25-,26-,27-,28-,29+,31+,32-,33-,34?,35-,36+,37?,38-,39+,41+,42-,43-,44+,45?/m1/s1. The highest BCUT2D eigenvalue weighted by atomic mass is 16.7. The summed E-state index contributed by atoms with van der Waals surface area (Å²) in [6, 6.07) is -0.243. The third-order valence-electron chi connectivity index (χ3n) is 14.2. The maximum Gasteiger partial charge on any atom is 0.311 e. The van der Waals surface area contributed by atoms with Gasteiger partial charge in [-0.05, 0) is 101 Å². The largest absolute Gasteiger partial charge is 0.459 e. The van der Waals surface area contributed by atoms with Crippen LogP contribution in [0.4, 0.5) is 0 Å². The van der Waals surface area contributed by atoms with Gasteiger partial charge in [0.25, 0.3) is 0 Å². The lowest BCUT2D eigenvalue weighted by Crippen LogP contribution is -2.61. The van der Waals surface area contributed by atoms with Crippen molar-refractivity contribution in [3.8, 4) is 0 Å². The maximum atomic E-state index is 14.7. The SMILES string of the molecule is C=CCNCC[C@H]1C2(C)OC2[C@H](C)C[C@@](C)(OC)[C@H](O[C@@H]2O[C@H](C)C[C@H](N(C)C)[C@H]2O)[C@H](C)[C@H](OC2C[C@@](C)(OC)[C@@H](OC(C)=O)[C@H](C)O2)[C@@H](C)C(=O)O[C@H](CC)[C@@]1(C)O. The molecule has 348 valence electrons. The van der Waals surface area contributed by atoms with Crippen LogP contribution in [0, 0.1) is 23.7 Å². The first-order chi connectivity index (χ1) is 27.9. The number of likely N-dealkylation sites (N-methyl/N-ethyl adjacent to an activating group) is 1. The first kappa shape index (κ1) is 50.9. The van der Waals surface area contributed by atoms with Crippen molar-refractivity contribution in [2.45, 2.75) is 198 Å². The Morgan fingerprint density at radius 2 is 1.63 bits per heavy atom. The lowest BCUT2D eigenvalue weighted by atomic mass is 9.69. The topological polar surface area (TPSA) is 176 Å². The van der Waals surface area contributed by atoms with Crippen molar-refractivity contribution < 1.29 is 62.4 Å². The third kappa shape index (κ3) is 10.9. The average Bonchev–Trinajstić information content (AvgIpc) is 3.87. The molecule has 4 heterocycles. The molecule has 3 unspecified atom stereocenters. The highest BCUT2D eigenvalue weighted by Crippen LogP contribution is 2.55. The first-order valence-corrected chi connectivity index (χ1v) is 22.1. The second-order valence-corrected chi connectivity index (χ2v) is 19.2. The molecular formula is C45H80N2O13. The van der Waals surface area contributed by atoms with E-state index in [9.17, 15) is 19.8 Å². The zero-order valence-electron chi connectivity index (χ0n) is 39.2. The van der Waals surface area contributed by atoms with E-state index >= 15 is 0 Å². The quantitative estimate of drug-likeness (QED) is 0.0971. The Morgan fingerprint density at radius 1 is 1.00 bits per heavy atom. The number of nitrogens with one attached hydrogen (secondary N) is 1. The summed E-state index contributed by atoms with van der Waals surface area (Å²) in [4.78, 5) is 28.8. The summed E-state index contributed by atoms with van der Waals surface area (Å²) in [6.07, 6.45) is -3.56.